The van der Waals surface area contributed by atoms with Gasteiger partial charge in [0.15, 0.2) is 0 Å². The first-order chi connectivity index (χ1) is 9.74. The van der Waals surface area contributed by atoms with Crippen molar-refractivity contribution in [1.82, 2.24) is 9.80 Å². The second kappa shape index (κ2) is 6.27. The maximum absolute atomic E-state index is 12.7. The van der Waals surface area contributed by atoms with Gasteiger partial charge < -0.3 is 10.6 Å². The van der Waals surface area contributed by atoms with E-state index < -0.39 is 0 Å². The van der Waals surface area contributed by atoms with E-state index in [1.807, 2.05) is 0 Å². The van der Waals surface area contributed by atoms with Gasteiger partial charge in [0.2, 0.25) is 5.91 Å². The summed E-state index contributed by atoms with van der Waals surface area (Å²) in [6.45, 7) is 2.46. The van der Waals surface area contributed by atoms with Gasteiger partial charge in [0.05, 0.1) is 6.54 Å². The first kappa shape index (κ1) is 14.1. The summed E-state index contributed by atoms with van der Waals surface area (Å²) >= 11 is 0. The molecule has 3 rings (SSSR count). The van der Waals surface area contributed by atoms with Crippen molar-refractivity contribution in [2.75, 3.05) is 19.6 Å². The summed E-state index contributed by atoms with van der Waals surface area (Å²) < 4.78 is 0. The summed E-state index contributed by atoms with van der Waals surface area (Å²) in [5.74, 6) is 0.301. The molecule has 3 aliphatic rings. The predicted octanol–water partition coefficient (Wildman–Crippen LogP) is 1.86. The van der Waals surface area contributed by atoms with Crippen LogP contribution < -0.4 is 5.73 Å². The Kier molecular flexibility index (Phi) is 4.41. The molecule has 1 saturated heterocycles. The Labute approximate surface area is 122 Å². The second-order valence-corrected chi connectivity index (χ2v) is 6.57. The highest BCUT2D eigenvalue weighted by Gasteiger charge is 2.35. The molecule has 4 nitrogen and oxygen atoms in total. The summed E-state index contributed by atoms with van der Waals surface area (Å²) in [6.07, 6.45) is 11.6. The van der Waals surface area contributed by atoms with Crippen LogP contribution in [-0.4, -0.2) is 47.4 Å². The lowest BCUT2D eigenvalue weighted by molar-refractivity contribution is -0.131. The van der Waals surface area contributed by atoms with Crippen LogP contribution in [0.15, 0.2) is 11.8 Å². The van der Waals surface area contributed by atoms with Gasteiger partial charge in [-0.2, -0.15) is 0 Å². The van der Waals surface area contributed by atoms with Gasteiger partial charge in [0, 0.05) is 24.3 Å². The largest absolute Gasteiger partial charge is 0.327 e. The molecule has 0 bridgehead atoms. The van der Waals surface area contributed by atoms with Crippen LogP contribution in [0.25, 0.3) is 0 Å². The number of piperidine rings is 1. The molecule has 2 fully saturated rings. The normalized spacial score (nSPS) is 28.1. The zero-order valence-corrected chi connectivity index (χ0v) is 12.4. The van der Waals surface area contributed by atoms with Crippen molar-refractivity contribution in [2.24, 2.45) is 5.73 Å². The van der Waals surface area contributed by atoms with E-state index in [0.717, 1.165) is 38.8 Å². The number of nitrogens with zero attached hydrogens (tertiary/aromatic N) is 2. The number of carbonyl (C=O) groups is 1. The number of hydrogen-bond acceptors (Lipinski definition) is 3. The van der Waals surface area contributed by atoms with Gasteiger partial charge in [-0.3, -0.25) is 9.69 Å². The third-order valence-electron chi connectivity index (χ3n) is 4.66. The van der Waals surface area contributed by atoms with Crippen LogP contribution in [0.3, 0.4) is 0 Å². The highest BCUT2D eigenvalue weighted by atomic mass is 16.2. The second-order valence-electron chi connectivity index (χ2n) is 6.57. The molecule has 4 heteroatoms. The topological polar surface area (TPSA) is 49.6 Å². The maximum Gasteiger partial charge on any atom is 0.241 e. The molecule has 2 aliphatic carbocycles. The Hall–Kier alpha value is -0.870. The third kappa shape index (κ3) is 3.41. The van der Waals surface area contributed by atoms with E-state index in [9.17, 15) is 4.79 Å². The lowest BCUT2D eigenvalue weighted by Crippen LogP contribution is -2.48. The molecule has 0 aromatic carbocycles. The molecule has 0 aromatic rings. The Morgan fingerprint density at radius 3 is 2.80 bits per heavy atom. The molecule has 112 valence electrons. The molecule has 2 N–H and O–H groups in total. The van der Waals surface area contributed by atoms with Gasteiger partial charge >= 0.3 is 0 Å². The minimum absolute atomic E-state index is 0.250. The molecule has 20 heavy (non-hydrogen) atoms. The summed E-state index contributed by atoms with van der Waals surface area (Å²) in [6, 6.07) is 0.741. The summed E-state index contributed by atoms with van der Waals surface area (Å²) in [7, 11) is 0. The van der Waals surface area contributed by atoms with Crippen LogP contribution >= 0.6 is 0 Å². The smallest absolute Gasteiger partial charge is 0.241 e. The van der Waals surface area contributed by atoms with Crippen LogP contribution in [0.4, 0.5) is 0 Å². The molecule has 0 unspecified atom stereocenters. The Morgan fingerprint density at radius 2 is 2.15 bits per heavy atom. The van der Waals surface area contributed by atoms with Crippen molar-refractivity contribution in [3.05, 3.63) is 11.8 Å². The van der Waals surface area contributed by atoms with Crippen molar-refractivity contribution in [3.63, 3.8) is 0 Å². The molecule has 1 atom stereocenters. The van der Waals surface area contributed by atoms with Crippen LogP contribution in [0, 0.1) is 0 Å². The Bertz CT molecular complexity index is 389. The average Bonchev–Trinajstić information content (AvgIpc) is 3.25. The number of nitrogens with two attached hydrogens (primary N) is 1. The van der Waals surface area contributed by atoms with E-state index >= 15 is 0 Å². The highest BCUT2D eigenvalue weighted by molar-refractivity contribution is 5.80. The minimum Gasteiger partial charge on any atom is -0.327 e. The monoisotopic (exact) mass is 277 g/mol. The van der Waals surface area contributed by atoms with E-state index in [-0.39, 0.29) is 6.04 Å². The van der Waals surface area contributed by atoms with Crippen molar-refractivity contribution < 1.29 is 4.79 Å². The van der Waals surface area contributed by atoms with Crippen LogP contribution in [0.2, 0.25) is 0 Å². The summed E-state index contributed by atoms with van der Waals surface area (Å²) in [5, 5.41) is 0. The molecule has 0 radical (unpaired) electrons. The Balaban J connectivity index is 1.62. The van der Waals surface area contributed by atoms with Crippen molar-refractivity contribution >= 4 is 5.91 Å². The minimum atomic E-state index is 0.250. The van der Waals surface area contributed by atoms with E-state index in [0.29, 0.717) is 18.5 Å². The standard InChI is InChI=1S/C16H27N3O/c17-13-5-4-10-18(11-13)12-16(20)19(15-8-9-15)14-6-2-1-3-7-14/h6,13,15H,1-5,7-12,17H2/t13-/m1/s1. The number of allylic oxidation sites excluding steroid dienone is 2. The summed E-state index contributed by atoms with van der Waals surface area (Å²) in [5.41, 5.74) is 7.31. The van der Waals surface area contributed by atoms with Crippen LogP contribution in [0.5, 0.6) is 0 Å². The predicted molar refractivity (Wildman–Crippen MR) is 80.1 cm³/mol. The van der Waals surface area contributed by atoms with Crippen LogP contribution in [0.1, 0.15) is 51.4 Å². The molecule has 1 amide bonds. The third-order valence-corrected chi connectivity index (χ3v) is 4.66. The van der Waals surface area contributed by atoms with Gasteiger partial charge in [-0.15, -0.1) is 0 Å². The number of likely N-dealkylation sites (tertiary alicyclic amines) is 1. The van der Waals surface area contributed by atoms with Crippen LogP contribution in [-0.2, 0) is 4.79 Å². The summed E-state index contributed by atoms with van der Waals surface area (Å²) in [4.78, 5) is 17.1. The molecule has 1 aliphatic heterocycles. The van der Waals surface area contributed by atoms with E-state index in [1.165, 1.54) is 31.4 Å². The molecular formula is C16H27N3O. The number of hydrogen-bond donors (Lipinski definition) is 1. The molecule has 0 spiro atoms. The van der Waals surface area contributed by atoms with Crippen molar-refractivity contribution in [2.45, 2.75) is 63.5 Å². The van der Waals surface area contributed by atoms with Crippen molar-refractivity contribution in [1.29, 1.82) is 0 Å². The first-order valence-electron chi connectivity index (χ1n) is 8.23. The fraction of sp³-hybridized carbons (Fsp3) is 0.812. The quantitative estimate of drug-likeness (QED) is 0.853. The van der Waals surface area contributed by atoms with E-state index in [4.69, 9.17) is 5.73 Å². The zero-order chi connectivity index (χ0) is 13.9. The van der Waals surface area contributed by atoms with Gasteiger partial charge in [-0.05, 0) is 57.9 Å². The highest BCUT2D eigenvalue weighted by Crippen LogP contribution is 2.33. The SMILES string of the molecule is N[C@@H]1CCCN(CC(=O)N(C2=CCCCC2)C2CC2)C1. The van der Waals surface area contributed by atoms with Gasteiger partial charge in [0.1, 0.15) is 0 Å². The van der Waals surface area contributed by atoms with Crippen molar-refractivity contribution in [3.8, 4) is 0 Å². The fourth-order valence-electron chi connectivity index (χ4n) is 3.47. The maximum atomic E-state index is 12.7. The number of carbonyl (C=O) groups excluding carboxylic acids is 1. The van der Waals surface area contributed by atoms with Gasteiger partial charge in [0.25, 0.3) is 0 Å². The molecule has 1 saturated carbocycles. The average molecular weight is 277 g/mol. The molecule has 0 aromatic heterocycles. The van der Waals surface area contributed by atoms with E-state index in [1.54, 1.807) is 0 Å². The number of amides is 1. The fourth-order valence-corrected chi connectivity index (χ4v) is 3.47. The Morgan fingerprint density at radius 1 is 1.30 bits per heavy atom. The zero-order valence-electron chi connectivity index (χ0n) is 12.4. The van der Waals surface area contributed by atoms with E-state index in [2.05, 4.69) is 15.9 Å². The molecular weight excluding hydrogens is 250 g/mol. The lowest BCUT2D eigenvalue weighted by atomic mass is 10.0. The number of rotatable bonds is 4. The molecule has 1 heterocycles. The van der Waals surface area contributed by atoms with Gasteiger partial charge in [-0.25, -0.2) is 0 Å². The van der Waals surface area contributed by atoms with Gasteiger partial charge in [-0.1, -0.05) is 6.08 Å². The first-order valence-corrected chi connectivity index (χ1v) is 8.23. The lowest BCUT2D eigenvalue weighted by Gasteiger charge is -2.33.